The van der Waals surface area contributed by atoms with Crippen LogP contribution >= 0.6 is 23.2 Å². The molecule has 0 aliphatic carbocycles. The van der Waals surface area contributed by atoms with Crippen molar-refractivity contribution in [2.24, 2.45) is 0 Å². The minimum atomic E-state index is -0.558. The molecule has 0 aliphatic heterocycles. The number of benzene rings is 1. The van der Waals surface area contributed by atoms with Crippen molar-refractivity contribution in [1.82, 2.24) is 10.9 Å². The summed E-state index contributed by atoms with van der Waals surface area (Å²) in [7, 11) is 0. The van der Waals surface area contributed by atoms with Crippen LogP contribution in [0.3, 0.4) is 0 Å². The Morgan fingerprint density at radius 1 is 1.05 bits per heavy atom. The lowest BCUT2D eigenvalue weighted by Gasteiger charge is -2.03. The molecule has 5 nitrogen and oxygen atoms in total. The predicted octanol–water partition coefficient (Wildman–Crippen LogP) is 3.06. The average Bonchev–Trinajstić information content (AvgIpc) is 2.98. The highest BCUT2D eigenvalue weighted by Gasteiger charge is 2.08. The summed E-state index contributed by atoms with van der Waals surface area (Å²) in [5.41, 5.74) is 4.93. The summed E-state index contributed by atoms with van der Waals surface area (Å²) < 4.78 is 4.87. The van der Waals surface area contributed by atoms with Crippen LogP contribution in [0.2, 0.25) is 10.0 Å². The van der Waals surface area contributed by atoms with Gasteiger partial charge in [0.15, 0.2) is 5.76 Å². The van der Waals surface area contributed by atoms with E-state index >= 15 is 0 Å². The SMILES string of the molecule is O=C(/C=C/c1c(Cl)cccc1Cl)NNC(=O)c1ccco1. The lowest BCUT2D eigenvalue weighted by atomic mass is 10.2. The molecule has 0 aliphatic rings. The number of amides is 2. The molecule has 0 atom stereocenters. The van der Waals surface area contributed by atoms with E-state index in [2.05, 4.69) is 10.9 Å². The molecule has 0 fully saturated rings. The maximum absolute atomic E-state index is 11.6. The molecule has 2 amide bonds. The summed E-state index contributed by atoms with van der Waals surface area (Å²) in [4.78, 5) is 23.1. The van der Waals surface area contributed by atoms with E-state index in [4.69, 9.17) is 27.6 Å². The molecule has 1 aromatic carbocycles. The Hall–Kier alpha value is -2.24. The molecule has 0 saturated carbocycles. The number of hydrazine groups is 1. The number of carbonyl (C=O) groups is 2. The summed E-state index contributed by atoms with van der Waals surface area (Å²) in [6.07, 6.45) is 4.02. The van der Waals surface area contributed by atoms with Gasteiger partial charge in [0, 0.05) is 21.7 Å². The third-order valence-corrected chi connectivity index (χ3v) is 3.10. The van der Waals surface area contributed by atoms with Gasteiger partial charge < -0.3 is 4.42 Å². The van der Waals surface area contributed by atoms with Crippen molar-refractivity contribution in [1.29, 1.82) is 0 Å². The highest BCUT2D eigenvalue weighted by Crippen LogP contribution is 2.25. The zero-order valence-electron chi connectivity index (χ0n) is 10.6. The van der Waals surface area contributed by atoms with E-state index in [0.29, 0.717) is 15.6 Å². The molecule has 2 aromatic rings. The van der Waals surface area contributed by atoms with Crippen LogP contribution in [0.15, 0.2) is 47.1 Å². The smallest absolute Gasteiger partial charge is 0.305 e. The Balaban J connectivity index is 1.93. The molecule has 0 bridgehead atoms. The van der Waals surface area contributed by atoms with Crippen LogP contribution in [0.4, 0.5) is 0 Å². The molecule has 2 N–H and O–H groups in total. The monoisotopic (exact) mass is 324 g/mol. The molecule has 1 aromatic heterocycles. The van der Waals surface area contributed by atoms with Crippen LogP contribution in [0.5, 0.6) is 0 Å². The maximum Gasteiger partial charge on any atom is 0.305 e. The molecule has 0 radical (unpaired) electrons. The van der Waals surface area contributed by atoms with E-state index in [0.717, 1.165) is 0 Å². The first-order chi connectivity index (χ1) is 10.1. The standard InChI is InChI=1S/C14H10Cl2N2O3/c15-10-3-1-4-11(16)9(10)6-7-13(19)17-18-14(20)12-5-2-8-21-12/h1-8H,(H,17,19)(H,18,20)/b7-6+. The lowest BCUT2D eigenvalue weighted by molar-refractivity contribution is -0.117. The highest BCUT2D eigenvalue weighted by atomic mass is 35.5. The summed E-state index contributed by atoms with van der Waals surface area (Å²) in [5.74, 6) is -1.00. The van der Waals surface area contributed by atoms with E-state index in [1.807, 2.05) is 0 Å². The molecule has 108 valence electrons. The first-order valence-electron chi connectivity index (χ1n) is 5.84. The van der Waals surface area contributed by atoms with Crippen molar-refractivity contribution in [3.63, 3.8) is 0 Å². The number of nitrogens with one attached hydrogen (secondary N) is 2. The number of hydrogen-bond acceptors (Lipinski definition) is 3. The zero-order chi connectivity index (χ0) is 15.2. The fourth-order valence-electron chi connectivity index (χ4n) is 1.46. The molecular formula is C14H10Cl2N2O3. The second-order valence-electron chi connectivity index (χ2n) is 3.89. The van der Waals surface area contributed by atoms with Crippen LogP contribution in [0.1, 0.15) is 16.1 Å². The van der Waals surface area contributed by atoms with Gasteiger partial charge in [-0.05, 0) is 30.3 Å². The normalized spacial score (nSPS) is 10.6. The van der Waals surface area contributed by atoms with Crippen molar-refractivity contribution in [3.05, 3.63) is 64.0 Å². The predicted molar refractivity (Wildman–Crippen MR) is 79.8 cm³/mol. The van der Waals surface area contributed by atoms with Gasteiger partial charge in [0.25, 0.3) is 5.91 Å². The second-order valence-corrected chi connectivity index (χ2v) is 4.70. The van der Waals surface area contributed by atoms with Crippen molar-refractivity contribution >= 4 is 41.1 Å². The molecule has 7 heteroatoms. The minimum Gasteiger partial charge on any atom is -0.459 e. The number of hydrogen-bond donors (Lipinski definition) is 2. The van der Waals surface area contributed by atoms with Crippen LogP contribution in [-0.4, -0.2) is 11.8 Å². The Bertz CT molecular complexity index is 661. The Morgan fingerprint density at radius 3 is 2.38 bits per heavy atom. The maximum atomic E-state index is 11.6. The molecule has 0 unspecified atom stereocenters. The van der Waals surface area contributed by atoms with Gasteiger partial charge in [0.1, 0.15) is 0 Å². The number of rotatable bonds is 3. The number of halogens is 2. The quantitative estimate of drug-likeness (QED) is 0.673. The molecule has 2 rings (SSSR count). The van der Waals surface area contributed by atoms with Crippen LogP contribution < -0.4 is 10.9 Å². The Kier molecular flexibility index (Phi) is 5.03. The van der Waals surface area contributed by atoms with Crippen LogP contribution in [-0.2, 0) is 4.79 Å². The van der Waals surface area contributed by atoms with E-state index in [-0.39, 0.29) is 5.76 Å². The van der Waals surface area contributed by atoms with Crippen molar-refractivity contribution in [2.75, 3.05) is 0 Å². The summed E-state index contributed by atoms with van der Waals surface area (Å²) in [6, 6.07) is 8.05. The Labute approximate surface area is 130 Å². The van der Waals surface area contributed by atoms with Gasteiger partial charge in [0.05, 0.1) is 6.26 Å². The first-order valence-corrected chi connectivity index (χ1v) is 6.59. The third kappa shape index (κ3) is 4.11. The highest BCUT2D eigenvalue weighted by molar-refractivity contribution is 6.37. The third-order valence-electron chi connectivity index (χ3n) is 2.45. The summed E-state index contributed by atoms with van der Waals surface area (Å²) in [5, 5.41) is 0.845. The molecule has 21 heavy (non-hydrogen) atoms. The molecule has 0 saturated heterocycles. The van der Waals surface area contributed by atoms with E-state index in [9.17, 15) is 9.59 Å². The van der Waals surface area contributed by atoms with Gasteiger partial charge in [-0.25, -0.2) is 0 Å². The van der Waals surface area contributed by atoms with Crippen molar-refractivity contribution < 1.29 is 14.0 Å². The van der Waals surface area contributed by atoms with Gasteiger partial charge in [0.2, 0.25) is 0 Å². The van der Waals surface area contributed by atoms with E-state index < -0.39 is 11.8 Å². The number of carbonyl (C=O) groups excluding carboxylic acids is 2. The largest absolute Gasteiger partial charge is 0.459 e. The average molecular weight is 325 g/mol. The van der Waals surface area contributed by atoms with Gasteiger partial charge in [-0.15, -0.1) is 0 Å². The van der Waals surface area contributed by atoms with Crippen LogP contribution in [0, 0.1) is 0 Å². The van der Waals surface area contributed by atoms with Gasteiger partial charge in [-0.1, -0.05) is 29.3 Å². The topological polar surface area (TPSA) is 71.3 Å². The second kappa shape index (κ2) is 6.97. The summed E-state index contributed by atoms with van der Waals surface area (Å²) in [6.45, 7) is 0. The minimum absolute atomic E-state index is 0.0911. The van der Waals surface area contributed by atoms with Crippen LogP contribution in [0.25, 0.3) is 6.08 Å². The zero-order valence-corrected chi connectivity index (χ0v) is 12.1. The van der Waals surface area contributed by atoms with Crippen molar-refractivity contribution in [2.45, 2.75) is 0 Å². The Morgan fingerprint density at radius 2 is 1.76 bits per heavy atom. The van der Waals surface area contributed by atoms with Gasteiger partial charge in [-0.3, -0.25) is 20.4 Å². The summed E-state index contributed by atoms with van der Waals surface area (Å²) >= 11 is 11.9. The first kappa shape index (κ1) is 15.2. The van der Waals surface area contributed by atoms with Crippen molar-refractivity contribution in [3.8, 4) is 0 Å². The van der Waals surface area contributed by atoms with E-state index in [1.165, 1.54) is 24.5 Å². The lowest BCUT2D eigenvalue weighted by Crippen LogP contribution is -2.40. The molecular weight excluding hydrogens is 315 g/mol. The van der Waals surface area contributed by atoms with Gasteiger partial charge in [-0.2, -0.15) is 0 Å². The fourth-order valence-corrected chi connectivity index (χ4v) is 1.98. The molecule has 0 spiro atoms. The van der Waals surface area contributed by atoms with E-state index in [1.54, 1.807) is 24.3 Å². The van der Waals surface area contributed by atoms with Gasteiger partial charge >= 0.3 is 5.91 Å². The number of furan rings is 1. The molecule has 1 heterocycles. The fraction of sp³-hybridized carbons (Fsp3) is 0.